The van der Waals surface area contributed by atoms with E-state index in [0.717, 1.165) is 23.8 Å². The summed E-state index contributed by atoms with van der Waals surface area (Å²) in [5.74, 6) is -0.739. The first kappa shape index (κ1) is 24.9. The number of esters is 1. The third-order valence-corrected chi connectivity index (χ3v) is 6.49. The first-order chi connectivity index (χ1) is 16.5. The summed E-state index contributed by atoms with van der Waals surface area (Å²) in [6.45, 7) is 9.81. The number of carbonyl (C=O) groups is 2. The molecule has 1 atom stereocenters. The van der Waals surface area contributed by atoms with Gasteiger partial charge in [-0.2, -0.15) is 0 Å². The fourth-order valence-corrected chi connectivity index (χ4v) is 4.88. The predicted octanol–water partition coefficient (Wildman–Crippen LogP) is 4.58. The molecule has 0 radical (unpaired) electrons. The molecule has 0 amide bonds. The summed E-state index contributed by atoms with van der Waals surface area (Å²) in [5.41, 5.74) is 4.57. The van der Waals surface area contributed by atoms with Crippen molar-refractivity contribution >= 4 is 23.3 Å². The van der Waals surface area contributed by atoms with Gasteiger partial charge in [-0.05, 0) is 64.7 Å². The van der Waals surface area contributed by atoms with Crippen molar-refractivity contribution in [2.75, 3.05) is 13.7 Å². The number of nitrogens with zero attached hydrogens (tertiary/aromatic N) is 1. The average molecular weight is 484 g/mol. The second-order valence-corrected chi connectivity index (χ2v) is 9.97. The van der Waals surface area contributed by atoms with Crippen LogP contribution in [0.15, 0.2) is 12.1 Å². The number of ether oxygens (including phenoxy) is 3. The van der Waals surface area contributed by atoms with E-state index in [4.69, 9.17) is 14.2 Å². The van der Waals surface area contributed by atoms with Crippen LogP contribution in [0, 0.1) is 19.7 Å². The van der Waals surface area contributed by atoms with Gasteiger partial charge in [-0.15, -0.1) is 0 Å². The summed E-state index contributed by atoms with van der Waals surface area (Å²) in [6.07, 6.45) is 1.17. The Morgan fingerprint density at radius 3 is 2.63 bits per heavy atom. The van der Waals surface area contributed by atoms with Crippen LogP contribution in [0.2, 0.25) is 0 Å². The van der Waals surface area contributed by atoms with Crippen LogP contribution >= 0.6 is 0 Å². The minimum absolute atomic E-state index is 0.284. The summed E-state index contributed by atoms with van der Waals surface area (Å²) in [7, 11) is 3.09. The number of aromatic nitrogens is 2. The molecule has 8 heteroatoms. The molecule has 2 aromatic heterocycles. The molecule has 0 saturated heterocycles. The van der Waals surface area contributed by atoms with Crippen molar-refractivity contribution < 1.29 is 33.2 Å². The van der Waals surface area contributed by atoms with E-state index in [-0.39, 0.29) is 5.75 Å². The van der Waals surface area contributed by atoms with Gasteiger partial charge in [0.1, 0.15) is 5.69 Å². The van der Waals surface area contributed by atoms with Crippen molar-refractivity contribution in [3.63, 3.8) is 0 Å². The van der Waals surface area contributed by atoms with E-state index in [1.54, 1.807) is 17.7 Å². The van der Waals surface area contributed by atoms with Crippen LogP contribution in [0.4, 0.5) is 4.39 Å². The lowest BCUT2D eigenvalue weighted by molar-refractivity contribution is -0.360. The van der Waals surface area contributed by atoms with Crippen molar-refractivity contribution in [3.8, 4) is 16.9 Å². The van der Waals surface area contributed by atoms with E-state index in [1.807, 2.05) is 34.6 Å². The van der Waals surface area contributed by atoms with E-state index in [9.17, 15) is 9.59 Å². The molecule has 0 saturated carbocycles. The van der Waals surface area contributed by atoms with Gasteiger partial charge in [0, 0.05) is 22.8 Å². The Kier molecular flexibility index (Phi) is 6.44. The topological polar surface area (TPSA) is 80.9 Å². The predicted molar refractivity (Wildman–Crippen MR) is 129 cm³/mol. The molecule has 35 heavy (non-hydrogen) atoms. The third-order valence-electron chi connectivity index (χ3n) is 6.49. The quantitative estimate of drug-likeness (QED) is 0.392. The highest BCUT2D eigenvalue weighted by molar-refractivity contribution is 6.00. The summed E-state index contributed by atoms with van der Waals surface area (Å²) >= 11 is 0. The van der Waals surface area contributed by atoms with E-state index >= 15 is 4.39 Å². The Bertz CT molecular complexity index is 1340. The van der Waals surface area contributed by atoms with Gasteiger partial charge in [0.05, 0.1) is 31.8 Å². The molecule has 1 aromatic carbocycles. The van der Waals surface area contributed by atoms with Gasteiger partial charge in [-0.1, -0.05) is 0 Å². The van der Waals surface area contributed by atoms with Crippen molar-refractivity contribution in [1.29, 1.82) is 0 Å². The maximum Gasteiger partial charge on any atom is 0.339 e. The Morgan fingerprint density at radius 2 is 2.00 bits per heavy atom. The standard InChI is InChI=1S/C27H31FN2O5/c1-14-17-9-8-10-34-23(17)20(28)12-18(14)22-19-11-16(13-31)30(6)25(19)29-15(2)21(22)24(26(32)33-7)35-27(3,4)5/h11-13,24H,8-10H2,1-7H3/p+1/t24-/m0/s1. The third kappa shape index (κ3) is 4.31. The number of nitrogens with one attached hydrogen (secondary N) is 1. The lowest BCUT2D eigenvalue weighted by Crippen LogP contribution is -2.31. The Hall–Kier alpha value is -3.26. The number of aryl methyl sites for hydroxylation is 2. The molecular formula is C27H32FN2O5+. The molecule has 1 aliphatic rings. The molecule has 0 spiro atoms. The number of rotatable bonds is 5. The number of H-pyrrole nitrogens is 1. The minimum Gasteiger partial charge on any atom is -0.490 e. The molecule has 0 unspecified atom stereocenters. The number of hydrogen-bond donors (Lipinski definition) is 0. The molecule has 4 rings (SSSR count). The first-order valence-corrected chi connectivity index (χ1v) is 11.7. The Labute approximate surface area is 204 Å². The normalized spacial score (nSPS) is 14.4. The van der Waals surface area contributed by atoms with Crippen LogP contribution < -0.4 is 9.72 Å². The van der Waals surface area contributed by atoms with Crippen LogP contribution in [0.25, 0.3) is 22.2 Å². The van der Waals surface area contributed by atoms with Crippen molar-refractivity contribution in [2.24, 2.45) is 7.05 Å². The van der Waals surface area contributed by atoms with Gasteiger partial charge >= 0.3 is 5.97 Å². The van der Waals surface area contributed by atoms with Crippen LogP contribution in [-0.2, 0) is 27.7 Å². The molecule has 0 fully saturated rings. The fourth-order valence-electron chi connectivity index (χ4n) is 4.88. The highest BCUT2D eigenvalue weighted by Crippen LogP contribution is 2.44. The number of pyridine rings is 1. The number of halogens is 1. The number of aldehydes is 1. The molecule has 3 heterocycles. The number of aromatic amines is 1. The summed E-state index contributed by atoms with van der Waals surface area (Å²) in [5, 5.41) is 0.681. The second kappa shape index (κ2) is 9.07. The van der Waals surface area contributed by atoms with E-state index in [1.165, 1.54) is 13.2 Å². The number of fused-ring (bicyclic) bond motifs is 2. The zero-order chi connectivity index (χ0) is 25.7. The Morgan fingerprint density at radius 1 is 1.29 bits per heavy atom. The van der Waals surface area contributed by atoms with E-state index in [0.29, 0.717) is 52.1 Å². The lowest BCUT2D eigenvalue weighted by atomic mass is 9.86. The molecule has 1 aliphatic heterocycles. The van der Waals surface area contributed by atoms with Crippen molar-refractivity contribution in [3.05, 3.63) is 46.0 Å². The first-order valence-electron chi connectivity index (χ1n) is 11.7. The maximum atomic E-state index is 15.4. The molecule has 186 valence electrons. The van der Waals surface area contributed by atoms with Gasteiger partial charge < -0.3 is 14.2 Å². The molecule has 0 aliphatic carbocycles. The van der Waals surface area contributed by atoms with Gasteiger partial charge in [0.2, 0.25) is 0 Å². The zero-order valence-corrected chi connectivity index (χ0v) is 21.3. The molecular weight excluding hydrogens is 451 g/mol. The number of carbonyl (C=O) groups excluding carboxylic acids is 2. The largest absolute Gasteiger partial charge is 0.490 e. The average Bonchev–Trinajstić information content (AvgIpc) is 3.13. The lowest BCUT2D eigenvalue weighted by Gasteiger charge is -2.29. The monoisotopic (exact) mass is 483 g/mol. The highest BCUT2D eigenvalue weighted by Gasteiger charge is 2.36. The van der Waals surface area contributed by atoms with E-state index in [2.05, 4.69) is 4.98 Å². The van der Waals surface area contributed by atoms with Gasteiger partial charge in [-0.3, -0.25) is 4.79 Å². The molecule has 0 bridgehead atoms. The van der Waals surface area contributed by atoms with E-state index < -0.39 is 23.5 Å². The summed E-state index contributed by atoms with van der Waals surface area (Å²) < 4.78 is 34.1. The summed E-state index contributed by atoms with van der Waals surface area (Å²) in [4.78, 5) is 28.2. The zero-order valence-electron chi connectivity index (χ0n) is 21.3. The summed E-state index contributed by atoms with van der Waals surface area (Å²) in [6, 6.07) is 3.20. The van der Waals surface area contributed by atoms with Gasteiger partial charge in [0.15, 0.2) is 29.7 Å². The smallest absolute Gasteiger partial charge is 0.339 e. The van der Waals surface area contributed by atoms with Gasteiger partial charge in [-0.25, -0.2) is 18.7 Å². The SMILES string of the molecule is COC(=O)[C@@H](OC(C)(C)C)c1c(C)[nH+]c2c(cc(C=O)n2C)c1-c1cc(F)c2c(c1C)CCCO2. The fraction of sp³-hybridized carbons (Fsp3) is 0.444. The minimum atomic E-state index is -1.08. The van der Waals surface area contributed by atoms with Crippen LogP contribution in [-0.4, -0.2) is 36.1 Å². The molecule has 3 aromatic rings. The van der Waals surface area contributed by atoms with Crippen LogP contribution in [0.3, 0.4) is 0 Å². The van der Waals surface area contributed by atoms with Crippen molar-refractivity contribution in [1.82, 2.24) is 4.57 Å². The maximum absolute atomic E-state index is 15.4. The second-order valence-electron chi connectivity index (χ2n) is 9.97. The molecule has 1 N–H and O–H groups in total. The van der Waals surface area contributed by atoms with Crippen molar-refractivity contribution in [2.45, 2.75) is 59.2 Å². The number of methoxy groups -OCH3 is 1. The number of hydrogen-bond acceptors (Lipinski definition) is 5. The Balaban J connectivity index is 2.15. The van der Waals surface area contributed by atoms with Gasteiger partial charge in [0.25, 0.3) is 5.65 Å². The van der Waals surface area contributed by atoms with Crippen LogP contribution in [0.1, 0.15) is 66.2 Å². The van der Waals surface area contributed by atoms with Crippen LogP contribution in [0.5, 0.6) is 5.75 Å². The number of benzene rings is 1. The molecule has 7 nitrogen and oxygen atoms in total. The highest BCUT2D eigenvalue weighted by atomic mass is 19.1.